The minimum Gasteiger partial charge on any atom is -0.444 e. The standard InChI is InChI=1S/C23H31NO3S/c1-23(2,3)27-22(26)24-19-14-13-17-11-7-8-12-18(17)21(20(19)25)28-15-16-9-5-4-6-10-16/h4-6,8-10,12,19-21,25H,7,11,13-15H2,1-3H3,(H,24,26). The number of amides is 1. The van der Waals surface area contributed by atoms with Gasteiger partial charge in [-0.3, -0.25) is 0 Å². The van der Waals surface area contributed by atoms with Crippen molar-refractivity contribution in [2.75, 3.05) is 0 Å². The molecule has 28 heavy (non-hydrogen) atoms. The van der Waals surface area contributed by atoms with E-state index in [1.807, 2.05) is 39.0 Å². The Balaban J connectivity index is 1.75. The second-order valence-electron chi connectivity index (χ2n) is 8.50. The van der Waals surface area contributed by atoms with E-state index in [4.69, 9.17) is 4.74 Å². The molecule has 2 aliphatic carbocycles. The van der Waals surface area contributed by atoms with Crippen LogP contribution in [0.4, 0.5) is 4.79 Å². The van der Waals surface area contributed by atoms with Crippen LogP contribution in [0.3, 0.4) is 0 Å². The molecule has 0 aliphatic heterocycles. The van der Waals surface area contributed by atoms with Gasteiger partial charge in [0.05, 0.1) is 17.4 Å². The molecule has 152 valence electrons. The summed E-state index contributed by atoms with van der Waals surface area (Å²) in [7, 11) is 0. The van der Waals surface area contributed by atoms with Gasteiger partial charge in [-0.15, -0.1) is 11.8 Å². The summed E-state index contributed by atoms with van der Waals surface area (Å²) in [6.45, 7) is 5.54. The Hall–Kier alpha value is -1.72. The van der Waals surface area contributed by atoms with Gasteiger partial charge in [-0.1, -0.05) is 48.1 Å². The fourth-order valence-corrected chi connectivity index (χ4v) is 5.13. The molecular weight excluding hydrogens is 370 g/mol. The number of hydrogen-bond donors (Lipinski definition) is 2. The van der Waals surface area contributed by atoms with Crippen LogP contribution in [-0.2, 0) is 10.5 Å². The van der Waals surface area contributed by atoms with Crippen molar-refractivity contribution in [2.45, 2.75) is 75.2 Å². The summed E-state index contributed by atoms with van der Waals surface area (Å²) in [5.41, 5.74) is 3.35. The molecule has 3 unspecified atom stereocenters. The normalized spacial score (nSPS) is 25.1. The highest BCUT2D eigenvalue weighted by Crippen LogP contribution is 2.38. The number of carbonyl (C=O) groups excluding carboxylic acids is 1. The molecular formula is C23H31NO3S. The van der Waals surface area contributed by atoms with Crippen LogP contribution in [0.1, 0.15) is 52.0 Å². The predicted molar refractivity (Wildman–Crippen MR) is 115 cm³/mol. The first-order chi connectivity index (χ1) is 13.3. The first-order valence-electron chi connectivity index (χ1n) is 10.0. The predicted octanol–water partition coefficient (Wildman–Crippen LogP) is 4.98. The lowest BCUT2D eigenvalue weighted by Crippen LogP contribution is -2.48. The van der Waals surface area contributed by atoms with E-state index in [9.17, 15) is 9.90 Å². The van der Waals surface area contributed by atoms with Crippen LogP contribution < -0.4 is 5.32 Å². The Bertz CT molecular complexity index is 736. The van der Waals surface area contributed by atoms with E-state index in [0.717, 1.165) is 31.4 Å². The van der Waals surface area contributed by atoms with Gasteiger partial charge in [0, 0.05) is 5.75 Å². The number of nitrogens with one attached hydrogen (secondary N) is 1. The second-order valence-corrected chi connectivity index (χ2v) is 9.63. The van der Waals surface area contributed by atoms with E-state index in [2.05, 4.69) is 29.6 Å². The SMILES string of the molecule is CC(C)(C)OC(=O)NC1CCC2=C(C=CCC2)C(SCc2ccccc2)C1O. The molecule has 1 aromatic carbocycles. The fourth-order valence-electron chi connectivity index (χ4n) is 3.76. The Morgan fingerprint density at radius 2 is 2.00 bits per heavy atom. The average molecular weight is 402 g/mol. The molecule has 0 heterocycles. The van der Waals surface area contributed by atoms with Gasteiger partial charge in [0.25, 0.3) is 0 Å². The van der Waals surface area contributed by atoms with E-state index in [1.54, 1.807) is 11.8 Å². The summed E-state index contributed by atoms with van der Waals surface area (Å²) in [6, 6.07) is 9.99. The number of hydrogen-bond acceptors (Lipinski definition) is 4. The summed E-state index contributed by atoms with van der Waals surface area (Å²) in [4.78, 5) is 12.3. The minimum atomic E-state index is -0.656. The van der Waals surface area contributed by atoms with Crippen molar-refractivity contribution in [3.05, 3.63) is 59.2 Å². The van der Waals surface area contributed by atoms with Gasteiger partial charge in [0.2, 0.25) is 0 Å². The Labute approximate surface area is 172 Å². The van der Waals surface area contributed by atoms with Crippen molar-refractivity contribution >= 4 is 17.9 Å². The molecule has 0 saturated heterocycles. The number of benzene rings is 1. The molecule has 5 heteroatoms. The summed E-state index contributed by atoms with van der Waals surface area (Å²) in [5.74, 6) is 0.826. The first-order valence-corrected chi connectivity index (χ1v) is 11.1. The largest absolute Gasteiger partial charge is 0.444 e. The Morgan fingerprint density at radius 1 is 1.25 bits per heavy atom. The lowest BCUT2D eigenvalue weighted by molar-refractivity contribution is 0.0424. The fraction of sp³-hybridized carbons (Fsp3) is 0.522. The number of carbonyl (C=O) groups is 1. The highest BCUT2D eigenvalue weighted by atomic mass is 32.2. The summed E-state index contributed by atoms with van der Waals surface area (Å²) < 4.78 is 5.42. The number of rotatable bonds is 4. The van der Waals surface area contributed by atoms with Crippen LogP contribution in [0.15, 0.2) is 53.6 Å². The number of ether oxygens (including phenoxy) is 1. The monoisotopic (exact) mass is 401 g/mol. The van der Waals surface area contributed by atoms with Crippen LogP contribution in [0, 0.1) is 0 Å². The number of thioether (sulfide) groups is 1. The van der Waals surface area contributed by atoms with Crippen LogP contribution in [0.25, 0.3) is 0 Å². The molecule has 1 aromatic rings. The summed E-state index contributed by atoms with van der Waals surface area (Å²) >= 11 is 1.75. The maximum Gasteiger partial charge on any atom is 0.407 e. The molecule has 2 N–H and O–H groups in total. The minimum absolute atomic E-state index is 0.0609. The molecule has 3 rings (SSSR count). The van der Waals surface area contributed by atoms with E-state index in [1.165, 1.54) is 16.7 Å². The topological polar surface area (TPSA) is 58.6 Å². The highest BCUT2D eigenvalue weighted by molar-refractivity contribution is 7.99. The van der Waals surface area contributed by atoms with Crippen molar-refractivity contribution in [1.29, 1.82) is 0 Å². The summed E-state index contributed by atoms with van der Waals surface area (Å²) in [6.07, 6.45) is 6.99. The molecule has 1 amide bonds. The molecule has 3 atom stereocenters. The number of allylic oxidation sites excluding steroid dienone is 3. The van der Waals surface area contributed by atoms with Crippen LogP contribution in [-0.4, -0.2) is 34.2 Å². The molecule has 4 nitrogen and oxygen atoms in total. The number of aliphatic hydroxyl groups is 1. The van der Waals surface area contributed by atoms with Crippen molar-refractivity contribution in [3.63, 3.8) is 0 Å². The lowest BCUT2D eigenvalue weighted by atomic mass is 9.93. The van der Waals surface area contributed by atoms with Crippen LogP contribution >= 0.6 is 11.8 Å². The van der Waals surface area contributed by atoms with E-state index < -0.39 is 17.8 Å². The molecule has 0 aromatic heterocycles. The Kier molecular flexibility index (Phi) is 6.89. The van der Waals surface area contributed by atoms with Crippen molar-refractivity contribution in [3.8, 4) is 0 Å². The van der Waals surface area contributed by atoms with E-state index >= 15 is 0 Å². The van der Waals surface area contributed by atoms with Crippen molar-refractivity contribution < 1.29 is 14.6 Å². The van der Waals surface area contributed by atoms with E-state index in [-0.39, 0.29) is 11.3 Å². The molecule has 0 saturated carbocycles. The van der Waals surface area contributed by atoms with Gasteiger partial charge in [0.1, 0.15) is 5.60 Å². The first kappa shape index (κ1) is 21.0. The zero-order chi connectivity index (χ0) is 20.1. The van der Waals surface area contributed by atoms with Gasteiger partial charge >= 0.3 is 6.09 Å². The highest BCUT2D eigenvalue weighted by Gasteiger charge is 2.36. The van der Waals surface area contributed by atoms with Gasteiger partial charge < -0.3 is 15.2 Å². The number of alkyl carbamates (subject to hydrolysis) is 1. The molecule has 2 aliphatic rings. The average Bonchev–Trinajstić information content (AvgIpc) is 2.77. The third-order valence-electron chi connectivity index (χ3n) is 5.08. The molecule has 0 fully saturated rings. The Morgan fingerprint density at radius 3 is 2.71 bits per heavy atom. The lowest BCUT2D eigenvalue weighted by Gasteiger charge is -2.30. The maximum absolute atomic E-state index is 12.3. The zero-order valence-corrected chi connectivity index (χ0v) is 17.8. The zero-order valence-electron chi connectivity index (χ0n) is 17.0. The van der Waals surface area contributed by atoms with Gasteiger partial charge in [-0.05, 0) is 57.6 Å². The third-order valence-corrected chi connectivity index (χ3v) is 6.47. The van der Waals surface area contributed by atoms with Crippen molar-refractivity contribution in [2.24, 2.45) is 0 Å². The van der Waals surface area contributed by atoms with E-state index in [0.29, 0.717) is 0 Å². The van der Waals surface area contributed by atoms with Crippen LogP contribution in [0.5, 0.6) is 0 Å². The smallest absolute Gasteiger partial charge is 0.407 e. The van der Waals surface area contributed by atoms with Gasteiger partial charge in [0.15, 0.2) is 0 Å². The molecule has 0 radical (unpaired) electrons. The third kappa shape index (κ3) is 5.65. The number of aliphatic hydroxyl groups excluding tert-OH is 1. The molecule has 0 spiro atoms. The van der Waals surface area contributed by atoms with Crippen molar-refractivity contribution in [1.82, 2.24) is 5.32 Å². The van der Waals surface area contributed by atoms with Gasteiger partial charge in [-0.2, -0.15) is 0 Å². The second kappa shape index (κ2) is 9.19. The molecule has 0 bridgehead atoms. The van der Waals surface area contributed by atoms with Crippen LogP contribution in [0.2, 0.25) is 0 Å². The maximum atomic E-state index is 12.3. The van der Waals surface area contributed by atoms with Gasteiger partial charge in [-0.25, -0.2) is 4.79 Å². The summed E-state index contributed by atoms with van der Waals surface area (Å²) in [5, 5.41) is 14.1. The quantitative estimate of drug-likeness (QED) is 0.747.